The highest BCUT2D eigenvalue weighted by atomic mass is 19.4. The number of halogens is 3. The molecule has 1 aromatic carbocycles. The molecule has 0 aliphatic heterocycles. The fourth-order valence-corrected chi connectivity index (χ4v) is 3.74. The molecule has 1 amide bonds. The monoisotopic (exact) mass is 386 g/mol. The van der Waals surface area contributed by atoms with Crippen LogP contribution < -0.4 is 11.1 Å². The first-order valence-corrected chi connectivity index (χ1v) is 9.57. The summed E-state index contributed by atoms with van der Waals surface area (Å²) in [6.07, 6.45) is 0.836. The van der Waals surface area contributed by atoms with Crippen LogP contribution in [-0.4, -0.2) is 29.2 Å². The molecule has 7 heteroatoms. The Bertz CT molecular complexity index is 615. The smallest absolute Gasteiger partial charge is 0.382 e. The Hall–Kier alpha value is -1.60. The Balaban J connectivity index is 1.85. The maximum Gasteiger partial charge on any atom is 0.416 e. The summed E-state index contributed by atoms with van der Waals surface area (Å²) in [5, 5.41) is 12.9. The molecule has 0 saturated heterocycles. The molecule has 0 bridgehead atoms. The molecule has 4 nitrogen and oxygen atoms in total. The van der Waals surface area contributed by atoms with Crippen LogP contribution in [0.4, 0.5) is 13.2 Å². The van der Waals surface area contributed by atoms with Gasteiger partial charge in [-0.2, -0.15) is 13.2 Å². The van der Waals surface area contributed by atoms with E-state index in [9.17, 15) is 23.1 Å². The van der Waals surface area contributed by atoms with E-state index in [0.29, 0.717) is 17.9 Å². The molecule has 1 saturated carbocycles. The minimum atomic E-state index is -4.40. The van der Waals surface area contributed by atoms with E-state index < -0.39 is 35.8 Å². The van der Waals surface area contributed by atoms with Gasteiger partial charge in [-0.3, -0.25) is 4.79 Å². The van der Waals surface area contributed by atoms with Crippen molar-refractivity contribution in [3.8, 4) is 0 Å². The van der Waals surface area contributed by atoms with Gasteiger partial charge in [0.15, 0.2) is 0 Å². The number of aliphatic hydroxyl groups is 1. The molecule has 4 N–H and O–H groups in total. The molecular formula is C20H29F3N2O2. The van der Waals surface area contributed by atoms with Gasteiger partial charge in [0.2, 0.25) is 0 Å². The summed E-state index contributed by atoms with van der Waals surface area (Å²) in [4.78, 5) is 12.2. The molecule has 2 unspecified atom stereocenters. The summed E-state index contributed by atoms with van der Waals surface area (Å²) < 4.78 is 38.4. The maximum atomic E-state index is 12.8. The molecule has 152 valence electrons. The van der Waals surface area contributed by atoms with Gasteiger partial charge in [0.1, 0.15) is 6.10 Å². The van der Waals surface area contributed by atoms with Crippen LogP contribution in [0.1, 0.15) is 56.6 Å². The van der Waals surface area contributed by atoms with Gasteiger partial charge in [-0.15, -0.1) is 0 Å². The van der Waals surface area contributed by atoms with E-state index in [0.717, 1.165) is 37.8 Å². The van der Waals surface area contributed by atoms with Crippen molar-refractivity contribution in [1.29, 1.82) is 0 Å². The van der Waals surface area contributed by atoms with Crippen LogP contribution in [0.3, 0.4) is 0 Å². The highest BCUT2D eigenvalue weighted by Crippen LogP contribution is 2.30. The second-order valence-corrected chi connectivity index (χ2v) is 7.66. The fourth-order valence-electron chi connectivity index (χ4n) is 3.74. The zero-order valence-corrected chi connectivity index (χ0v) is 15.6. The van der Waals surface area contributed by atoms with Crippen molar-refractivity contribution < 1.29 is 23.1 Å². The summed E-state index contributed by atoms with van der Waals surface area (Å²) in [5.74, 6) is -0.128. The van der Waals surface area contributed by atoms with Crippen LogP contribution >= 0.6 is 0 Å². The van der Waals surface area contributed by atoms with Crippen LogP contribution in [0, 0.1) is 5.92 Å². The topological polar surface area (TPSA) is 75.3 Å². The molecule has 2 rings (SSSR count). The van der Waals surface area contributed by atoms with Crippen molar-refractivity contribution in [1.82, 2.24) is 5.32 Å². The summed E-state index contributed by atoms with van der Waals surface area (Å²) in [5.41, 5.74) is 5.77. The van der Waals surface area contributed by atoms with E-state index >= 15 is 0 Å². The first-order chi connectivity index (χ1) is 12.7. The van der Waals surface area contributed by atoms with Gasteiger partial charge in [-0.05, 0) is 37.3 Å². The lowest BCUT2D eigenvalue weighted by molar-refractivity contribution is -0.137. The van der Waals surface area contributed by atoms with Crippen molar-refractivity contribution in [3.63, 3.8) is 0 Å². The Morgan fingerprint density at radius 1 is 1.30 bits per heavy atom. The van der Waals surface area contributed by atoms with Crippen molar-refractivity contribution >= 4 is 5.91 Å². The molecular weight excluding hydrogens is 357 g/mol. The standard InChI is InChI=1S/C20H29F3N2O2/c1-13(10-15-8-5-9-16(11-15)20(21,22)23)25-19(27)18(26)17(24)12-14-6-3-2-4-7-14/h5,8-9,11,13-14,17-18,26H,2-4,6-7,10,12,24H2,1H3,(H,25,27)/t13?,17-,18?/m1/s1. The van der Waals surface area contributed by atoms with E-state index in [1.165, 1.54) is 12.5 Å². The molecule has 1 aliphatic carbocycles. The molecule has 1 aromatic rings. The second-order valence-electron chi connectivity index (χ2n) is 7.66. The number of hydrogen-bond donors (Lipinski definition) is 3. The molecule has 0 radical (unpaired) electrons. The van der Waals surface area contributed by atoms with E-state index in [1.54, 1.807) is 13.0 Å². The van der Waals surface area contributed by atoms with Gasteiger partial charge in [-0.1, -0.05) is 50.3 Å². The minimum absolute atomic E-state index is 0.236. The molecule has 1 aliphatic rings. The highest BCUT2D eigenvalue weighted by Gasteiger charge is 2.31. The van der Waals surface area contributed by atoms with Gasteiger partial charge in [0, 0.05) is 12.1 Å². The lowest BCUT2D eigenvalue weighted by Gasteiger charge is -2.27. The predicted molar refractivity (Wildman–Crippen MR) is 97.9 cm³/mol. The molecule has 0 heterocycles. The van der Waals surface area contributed by atoms with E-state index in [4.69, 9.17) is 5.73 Å². The Morgan fingerprint density at radius 2 is 1.96 bits per heavy atom. The number of amides is 1. The van der Waals surface area contributed by atoms with Crippen molar-refractivity contribution in [2.45, 2.75) is 76.2 Å². The quantitative estimate of drug-likeness (QED) is 0.672. The zero-order chi connectivity index (χ0) is 20.0. The SMILES string of the molecule is CC(Cc1cccc(C(F)(F)F)c1)NC(=O)C(O)[C@H](N)CC1CCCCC1. The van der Waals surface area contributed by atoms with Crippen LogP contribution in [0.25, 0.3) is 0 Å². The number of rotatable bonds is 7. The molecule has 27 heavy (non-hydrogen) atoms. The number of nitrogens with two attached hydrogens (primary N) is 1. The largest absolute Gasteiger partial charge is 0.416 e. The van der Waals surface area contributed by atoms with Crippen molar-refractivity contribution in [2.24, 2.45) is 11.7 Å². The first kappa shape index (κ1) is 21.7. The maximum absolute atomic E-state index is 12.8. The number of hydrogen-bond acceptors (Lipinski definition) is 3. The molecule has 3 atom stereocenters. The third-order valence-corrected chi connectivity index (χ3v) is 5.19. The van der Waals surface area contributed by atoms with Crippen LogP contribution in [0.15, 0.2) is 24.3 Å². The van der Waals surface area contributed by atoms with E-state index in [1.807, 2.05) is 0 Å². The predicted octanol–water partition coefficient (Wildman–Crippen LogP) is 3.41. The number of aliphatic hydroxyl groups excluding tert-OH is 1. The van der Waals surface area contributed by atoms with Crippen LogP contribution in [0.2, 0.25) is 0 Å². The molecule has 0 spiro atoms. The Kier molecular flexibility index (Phi) is 7.68. The first-order valence-electron chi connectivity index (χ1n) is 9.57. The van der Waals surface area contributed by atoms with Crippen molar-refractivity contribution in [2.75, 3.05) is 0 Å². The second kappa shape index (κ2) is 9.55. The lowest BCUT2D eigenvalue weighted by atomic mass is 9.84. The van der Waals surface area contributed by atoms with E-state index in [-0.39, 0.29) is 6.42 Å². The van der Waals surface area contributed by atoms with Gasteiger partial charge in [0.25, 0.3) is 5.91 Å². The summed E-state index contributed by atoms with van der Waals surface area (Å²) in [7, 11) is 0. The number of alkyl halides is 3. The van der Waals surface area contributed by atoms with Gasteiger partial charge >= 0.3 is 6.18 Å². The zero-order valence-electron chi connectivity index (χ0n) is 15.6. The van der Waals surface area contributed by atoms with E-state index in [2.05, 4.69) is 5.32 Å². The fraction of sp³-hybridized carbons (Fsp3) is 0.650. The third kappa shape index (κ3) is 6.81. The Labute approximate surface area is 158 Å². The number of carbonyl (C=O) groups is 1. The summed E-state index contributed by atoms with van der Waals surface area (Å²) >= 11 is 0. The number of carbonyl (C=O) groups excluding carboxylic acids is 1. The average Bonchev–Trinajstić information content (AvgIpc) is 2.61. The van der Waals surface area contributed by atoms with Crippen molar-refractivity contribution in [3.05, 3.63) is 35.4 Å². The van der Waals surface area contributed by atoms with Crippen LogP contribution in [-0.2, 0) is 17.4 Å². The minimum Gasteiger partial charge on any atom is -0.382 e. The number of benzene rings is 1. The highest BCUT2D eigenvalue weighted by molar-refractivity contribution is 5.81. The van der Waals surface area contributed by atoms with Gasteiger partial charge in [0.05, 0.1) is 5.56 Å². The molecule has 0 aromatic heterocycles. The normalized spacial score (nSPS) is 19.3. The average molecular weight is 386 g/mol. The van der Waals surface area contributed by atoms with Gasteiger partial charge in [-0.25, -0.2) is 0 Å². The Morgan fingerprint density at radius 3 is 2.59 bits per heavy atom. The molecule has 1 fully saturated rings. The van der Waals surface area contributed by atoms with Gasteiger partial charge < -0.3 is 16.2 Å². The summed E-state index contributed by atoms with van der Waals surface area (Å²) in [6.45, 7) is 1.69. The van der Waals surface area contributed by atoms with Crippen LogP contribution in [0.5, 0.6) is 0 Å². The lowest BCUT2D eigenvalue weighted by Crippen LogP contribution is -2.49. The third-order valence-electron chi connectivity index (χ3n) is 5.19. The number of nitrogens with one attached hydrogen (secondary N) is 1. The summed E-state index contributed by atoms with van der Waals surface area (Å²) in [6, 6.07) is 3.98.